The number of carbonyl (C=O) groups excluding carboxylic acids is 2. The Morgan fingerprint density at radius 3 is 1.26 bits per heavy atom. The van der Waals surface area contributed by atoms with Crippen LogP contribution >= 0.6 is 0 Å². The Morgan fingerprint density at radius 2 is 1.00 bits per heavy atom. The maximum Gasteiger partial charge on any atom is 0.222 e. The van der Waals surface area contributed by atoms with Crippen molar-refractivity contribution in [1.82, 2.24) is 0 Å². The van der Waals surface area contributed by atoms with Crippen LogP contribution in [0, 0.1) is 5.92 Å². The van der Waals surface area contributed by atoms with Gasteiger partial charge in [-0.15, -0.1) is 0 Å². The van der Waals surface area contributed by atoms with Crippen molar-refractivity contribution < 1.29 is 9.59 Å². The summed E-state index contributed by atoms with van der Waals surface area (Å²) in [5.41, 5.74) is 13.1. The van der Waals surface area contributed by atoms with Gasteiger partial charge >= 0.3 is 0 Å². The summed E-state index contributed by atoms with van der Waals surface area (Å²) in [5.74, 6) is -1.96. The van der Waals surface area contributed by atoms with E-state index in [-0.39, 0.29) is 6.42 Å². The quantitative estimate of drug-likeness (QED) is 0.636. The summed E-state index contributed by atoms with van der Waals surface area (Å²) in [6.45, 7) is 0. The van der Waals surface area contributed by atoms with E-state index in [1.807, 2.05) is 91.0 Å². The van der Waals surface area contributed by atoms with Crippen molar-refractivity contribution in [3.8, 4) is 0 Å². The minimum atomic E-state index is -0.926. The number of hydrogen-bond acceptors (Lipinski definition) is 2. The first-order valence-electron chi connectivity index (χ1n) is 8.81. The Balaban J connectivity index is 2.42. The van der Waals surface area contributed by atoms with Crippen molar-refractivity contribution in [2.45, 2.75) is 11.8 Å². The maximum absolute atomic E-state index is 12.6. The van der Waals surface area contributed by atoms with Crippen molar-refractivity contribution in [3.63, 3.8) is 0 Å². The van der Waals surface area contributed by atoms with Gasteiger partial charge in [0, 0.05) is 6.42 Å². The molecule has 0 radical (unpaired) electrons. The second-order valence-corrected chi connectivity index (χ2v) is 6.53. The van der Waals surface area contributed by atoms with Crippen LogP contribution in [-0.2, 0) is 15.0 Å². The SMILES string of the molecule is NC(=O)CC(C(N)=O)C(c1ccccc1)(c1ccccc1)c1ccccc1. The normalized spacial score (nSPS) is 12.3. The van der Waals surface area contributed by atoms with Crippen LogP contribution in [-0.4, -0.2) is 11.8 Å². The molecule has 27 heavy (non-hydrogen) atoms. The van der Waals surface area contributed by atoms with Gasteiger partial charge in [-0.05, 0) is 16.7 Å². The molecule has 0 aliphatic heterocycles. The molecule has 0 heterocycles. The molecule has 3 rings (SSSR count). The molecule has 0 fully saturated rings. The van der Waals surface area contributed by atoms with Crippen molar-refractivity contribution in [2.75, 3.05) is 0 Å². The summed E-state index contributed by atoms with van der Waals surface area (Å²) in [5, 5.41) is 0. The molecule has 0 aliphatic carbocycles. The highest BCUT2D eigenvalue weighted by molar-refractivity contribution is 5.87. The van der Waals surface area contributed by atoms with Crippen LogP contribution in [0.3, 0.4) is 0 Å². The first kappa shape index (κ1) is 18.4. The smallest absolute Gasteiger partial charge is 0.222 e. The fraction of sp³-hybridized carbons (Fsp3) is 0.130. The second-order valence-electron chi connectivity index (χ2n) is 6.53. The number of carbonyl (C=O) groups is 2. The van der Waals surface area contributed by atoms with Crippen LogP contribution in [0.25, 0.3) is 0 Å². The zero-order valence-electron chi connectivity index (χ0n) is 14.9. The lowest BCUT2D eigenvalue weighted by atomic mass is 9.60. The Hall–Kier alpha value is -3.40. The van der Waals surface area contributed by atoms with Gasteiger partial charge in [0.25, 0.3) is 0 Å². The van der Waals surface area contributed by atoms with Gasteiger partial charge in [0.15, 0.2) is 0 Å². The van der Waals surface area contributed by atoms with Gasteiger partial charge in [-0.3, -0.25) is 9.59 Å². The molecule has 1 atom stereocenters. The number of nitrogens with two attached hydrogens (primary N) is 2. The summed E-state index contributed by atoms with van der Waals surface area (Å²) in [7, 11) is 0. The molecular weight excluding hydrogens is 336 g/mol. The molecule has 0 aromatic heterocycles. The van der Waals surface area contributed by atoms with E-state index in [0.29, 0.717) is 0 Å². The van der Waals surface area contributed by atoms with Gasteiger partial charge in [0.05, 0.1) is 11.3 Å². The average molecular weight is 358 g/mol. The molecule has 3 aromatic carbocycles. The molecule has 1 unspecified atom stereocenters. The van der Waals surface area contributed by atoms with Gasteiger partial charge in [0.2, 0.25) is 11.8 Å². The average Bonchev–Trinajstić information content (AvgIpc) is 2.70. The molecule has 4 N–H and O–H groups in total. The molecule has 0 spiro atoms. The minimum Gasteiger partial charge on any atom is -0.370 e. The number of hydrogen-bond donors (Lipinski definition) is 2. The lowest BCUT2D eigenvalue weighted by Crippen LogP contribution is -2.46. The first-order valence-corrected chi connectivity index (χ1v) is 8.81. The standard InChI is InChI=1S/C23H22N2O2/c24-21(26)16-20(22(25)27)23(17-10-4-1-5-11-17,18-12-6-2-7-13-18)19-14-8-3-9-15-19/h1-15,20H,16H2,(H2,24,26)(H2,25,27). The zero-order chi connectivity index (χ0) is 19.3. The zero-order valence-corrected chi connectivity index (χ0v) is 14.9. The molecule has 0 bridgehead atoms. The second kappa shape index (κ2) is 7.87. The highest BCUT2D eigenvalue weighted by Crippen LogP contribution is 2.46. The molecule has 0 saturated heterocycles. The third kappa shape index (κ3) is 3.47. The van der Waals surface area contributed by atoms with Crippen molar-refractivity contribution in [3.05, 3.63) is 108 Å². The fourth-order valence-corrected chi connectivity index (χ4v) is 3.87. The molecular formula is C23H22N2O2. The predicted octanol–water partition coefficient (Wildman–Crippen LogP) is 3.00. The molecule has 0 aliphatic rings. The van der Waals surface area contributed by atoms with Gasteiger partial charge in [-0.2, -0.15) is 0 Å². The van der Waals surface area contributed by atoms with Crippen molar-refractivity contribution >= 4 is 11.8 Å². The molecule has 2 amide bonds. The maximum atomic E-state index is 12.6. The van der Waals surface area contributed by atoms with E-state index in [0.717, 1.165) is 16.7 Å². The van der Waals surface area contributed by atoms with Gasteiger partial charge < -0.3 is 11.5 Å². The van der Waals surface area contributed by atoms with Gasteiger partial charge in [-0.1, -0.05) is 91.0 Å². The van der Waals surface area contributed by atoms with E-state index in [9.17, 15) is 9.59 Å². The lowest BCUT2D eigenvalue weighted by molar-refractivity contribution is -0.128. The molecule has 0 saturated carbocycles. The summed E-state index contributed by atoms with van der Waals surface area (Å²) < 4.78 is 0. The molecule has 3 aromatic rings. The van der Waals surface area contributed by atoms with Crippen molar-refractivity contribution in [2.24, 2.45) is 17.4 Å². The summed E-state index contributed by atoms with van der Waals surface area (Å²) in [6, 6.07) is 29.0. The predicted molar refractivity (Wildman–Crippen MR) is 106 cm³/mol. The number of amides is 2. The molecule has 4 nitrogen and oxygen atoms in total. The summed E-state index contributed by atoms with van der Waals surface area (Å²) in [6.07, 6.45) is -0.145. The molecule has 136 valence electrons. The van der Waals surface area contributed by atoms with Gasteiger partial charge in [-0.25, -0.2) is 0 Å². The highest BCUT2D eigenvalue weighted by Gasteiger charge is 2.47. The Morgan fingerprint density at radius 1 is 0.667 bits per heavy atom. The summed E-state index contributed by atoms with van der Waals surface area (Å²) >= 11 is 0. The van der Waals surface area contributed by atoms with Crippen LogP contribution in [0.2, 0.25) is 0 Å². The first-order chi connectivity index (χ1) is 13.1. The van der Waals surface area contributed by atoms with Crippen LogP contribution in [0.15, 0.2) is 91.0 Å². The van der Waals surface area contributed by atoms with Crippen molar-refractivity contribution in [1.29, 1.82) is 0 Å². The van der Waals surface area contributed by atoms with E-state index in [1.165, 1.54) is 0 Å². The van der Waals surface area contributed by atoms with E-state index in [1.54, 1.807) is 0 Å². The third-order valence-electron chi connectivity index (χ3n) is 4.96. The minimum absolute atomic E-state index is 0.145. The van der Waals surface area contributed by atoms with Crippen LogP contribution in [0.5, 0.6) is 0 Å². The highest BCUT2D eigenvalue weighted by atomic mass is 16.2. The van der Waals surface area contributed by atoms with E-state index >= 15 is 0 Å². The fourth-order valence-electron chi connectivity index (χ4n) is 3.87. The van der Waals surface area contributed by atoms with E-state index < -0.39 is 23.1 Å². The Kier molecular flexibility index (Phi) is 5.36. The third-order valence-corrected chi connectivity index (χ3v) is 4.96. The van der Waals surface area contributed by atoms with Crippen LogP contribution in [0.1, 0.15) is 23.1 Å². The summed E-state index contributed by atoms with van der Waals surface area (Å²) in [4.78, 5) is 24.5. The van der Waals surface area contributed by atoms with Crippen LogP contribution < -0.4 is 11.5 Å². The van der Waals surface area contributed by atoms with Crippen LogP contribution in [0.4, 0.5) is 0 Å². The topological polar surface area (TPSA) is 86.2 Å². The van der Waals surface area contributed by atoms with Gasteiger partial charge in [0.1, 0.15) is 0 Å². The number of benzene rings is 3. The van der Waals surface area contributed by atoms with E-state index in [4.69, 9.17) is 11.5 Å². The Bertz CT molecular complexity index is 812. The van der Waals surface area contributed by atoms with E-state index in [2.05, 4.69) is 0 Å². The number of rotatable bonds is 7. The lowest BCUT2D eigenvalue weighted by Gasteiger charge is -2.41. The molecule has 4 heteroatoms. The Labute approximate surface area is 158 Å². The number of primary amides is 2. The monoisotopic (exact) mass is 358 g/mol. The largest absolute Gasteiger partial charge is 0.370 e.